The Kier molecular flexibility index (Phi) is 6.54. The Bertz CT molecular complexity index is 807. The molecule has 27 heavy (non-hydrogen) atoms. The van der Waals surface area contributed by atoms with Gasteiger partial charge >= 0.3 is 6.18 Å². The van der Waals surface area contributed by atoms with Gasteiger partial charge in [-0.3, -0.25) is 4.79 Å². The van der Waals surface area contributed by atoms with Gasteiger partial charge in [0.1, 0.15) is 11.6 Å². The number of rotatable bonds is 6. The smallest absolute Gasteiger partial charge is 0.325 e. The fourth-order valence-corrected chi connectivity index (χ4v) is 2.75. The third-order valence-electron chi connectivity index (χ3n) is 3.96. The Hall–Kier alpha value is -2.48. The first-order chi connectivity index (χ1) is 12.6. The Morgan fingerprint density at radius 1 is 1.07 bits per heavy atom. The third kappa shape index (κ3) is 5.75. The molecule has 0 saturated carbocycles. The van der Waals surface area contributed by atoms with E-state index in [1.807, 2.05) is 0 Å². The van der Waals surface area contributed by atoms with Crippen LogP contribution in [0, 0.1) is 11.6 Å². The first kappa shape index (κ1) is 20.8. The molecule has 0 aliphatic heterocycles. The van der Waals surface area contributed by atoms with Crippen LogP contribution < -0.4 is 10.6 Å². The predicted octanol–water partition coefficient (Wildman–Crippen LogP) is 5.05. The number of carbonyl (C=O) groups excluding carboxylic acids is 1. The zero-order valence-electron chi connectivity index (χ0n) is 14.7. The molecular weight excluding hydrogens is 367 g/mol. The lowest BCUT2D eigenvalue weighted by atomic mass is 10.1. The summed E-state index contributed by atoms with van der Waals surface area (Å²) in [6.45, 7) is 3.29. The summed E-state index contributed by atoms with van der Waals surface area (Å²) in [5, 5.41) is 5.23. The van der Waals surface area contributed by atoms with Gasteiger partial charge in [-0.2, -0.15) is 13.2 Å². The Morgan fingerprint density at radius 2 is 1.74 bits per heavy atom. The molecule has 3 nitrogen and oxygen atoms in total. The highest BCUT2D eigenvalue weighted by Crippen LogP contribution is 2.34. The van der Waals surface area contributed by atoms with Crippen LogP contribution in [0.2, 0.25) is 0 Å². The molecule has 8 heteroatoms. The van der Waals surface area contributed by atoms with E-state index in [2.05, 4.69) is 10.6 Å². The molecule has 0 spiro atoms. The topological polar surface area (TPSA) is 41.1 Å². The summed E-state index contributed by atoms with van der Waals surface area (Å²) in [5.41, 5.74) is -1.02. The molecule has 0 fully saturated rings. The van der Waals surface area contributed by atoms with Crippen molar-refractivity contribution in [3.05, 3.63) is 65.2 Å². The van der Waals surface area contributed by atoms with Crippen molar-refractivity contribution in [2.75, 3.05) is 5.32 Å². The van der Waals surface area contributed by atoms with Gasteiger partial charge in [0.05, 0.1) is 11.3 Å². The lowest BCUT2D eigenvalue weighted by molar-refractivity contribution is -0.137. The zero-order chi connectivity index (χ0) is 20.2. The molecule has 2 atom stereocenters. The lowest BCUT2D eigenvalue weighted by Crippen LogP contribution is -2.33. The van der Waals surface area contributed by atoms with Crippen molar-refractivity contribution in [1.29, 1.82) is 0 Å². The predicted molar refractivity (Wildman–Crippen MR) is 92.1 cm³/mol. The molecule has 2 aromatic rings. The van der Waals surface area contributed by atoms with Crippen molar-refractivity contribution in [2.24, 2.45) is 0 Å². The molecule has 0 aliphatic carbocycles. The number of anilines is 1. The molecule has 1 amide bonds. The first-order valence-electron chi connectivity index (χ1n) is 8.25. The molecule has 0 saturated heterocycles. The van der Waals surface area contributed by atoms with E-state index in [1.54, 1.807) is 13.8 Å². The van der Waals surface area contributed by atoms with Crippen LogP contribution in [0.5, 0.6) is 0 Å². The Balaban J connectivity index is 1.98. The molecule has 0 bridgehead atoms. The number of hydrogen-bond donors (Lipinski definition) is 2. The third-order valence-corrected chi connectivity index (χ3v) is 3.96. The number of alkyl halides is 3. The number of para-hydroxylation sites is 1. The molecule has 2 rings (SSSR count). The van der Waals surface area contributed by atoms with Gasteiger partial charge in [-0.05, 0) is 32.0 Å². The van der Waals surface area contributed by atoms with E-state index in [4.69, 9.17) is 0 Å². The van der Waals surface area contributed by atoms with Crippen molar-refractivity contribution in [1.82, 2.24) is 5.32 Å². The second-order valence-electron chi connectivity index (χ2n) is 6.25. The first-order valence-corrected chi connectivity index (χ1v) is 8.25. The number of amides is 1. The summed E-state index contributed by atoms with van der Waals surface area (Å²) in [4.78, 5) is 12.1. The summed E-state index contributed by atoms with van der Waals surface area (Å²) >= 11 is 0. The van der Waals surface area contributed by atoms with Crippen LogP contribution in [0.3, 0.4) is 0 Å². The number of nitrogens with one attached hydrogen (secondary N) is 2. The van der Waals surface area contributed by atoms with E-state index < -0.39 is 41.4 Å². The number of hydrogen-bond acceptors (Lipinski definition) is 2. The summed E-state index contributed by atoms with van der Waals surface area (Å²) in [7, 11) is 0. The largest absolute Gasteiger partial charge is 0.418 e. The normalized spacial score (nSPS) is 13.9. The molecular formula is C19H19F5N2O. The van der Waals surface area contributed by atoms with Gasteiger partial charge in [-0.15, -0.1) is 0 Å². The molecule has 2 unspecified atom stereocenters. The standard InChI is InChI=1S/C19H19F5N2O/c1-11(25-12(2)14-8-7-13(20)10-16(14)21)9-18(27)26-17-6-4-3-5-15(17)19(22,23)24/h3-8,10-12,25H,9H2,1-2H3,(H,26,27). The van der Waals surface area contributed by atoms with Gasteiger partial charge < -0.3 is 10.6 Å². The summed E-state index contributed by atoms with van der Waals surface area (Å²) in [6.07, 6.45) is -4.71. The SMILES string of the molecule is CC(CC(=O)Nc1ccccc1C(F)(F)F)NC(C)c1ccc(F)cc1F. The van der Waals surface area contributed by atoms with Gasteiger partial charge in [0.2, 0.25) is 5.91 Å². The summed E-state index contributed by atoms with van der Waals surface area (Å²) < 4.78 is 65.7. The van der Waals surface area contributed by atoms with Gasteiger partial charge in [0.25, 0.3) is 0 Å². The maximum absolute atomic E-state index is 13.8. The van der Waals surface area contributed by atoms with E-state index in [0.717, 1.165) is 18.2 Å². The van der Waals surface area contributed by atoms with E-state index in [9.17, 15) is 26.7 Å². The fraction of sp³-hybridized carbons (Fsp3) is 0.316. The van der Waals surface area contributed by atoms with Crippen LogP contribution in [-0.2, 0) is 11.0 Å². The minimum Gasteiger partial charge on any atom is -0.325 e. The molecule has 2 N–H and O–H groups in total. The minimum atomic E-state index is -4.58. The van der Waals surface area contributed by atoms with Gasteiger partial charge in [0, 0.05) is 30.1 Å². The zero-order valence-corrected chi connectivity index (χ0v) is 14.7. The maximum Gasteiger partial charge on any atom is 0.418 e. The van der Waals surface area contributed by atoms with Crippen LogP contribution in [0.25, 0.3) is 0 Å². The van der Waals surface area contributed by atoms with Crippen LogP contribution >= 0.6 is 0 Å². The van der Waals surface area contributed by atoms with Crippen LogP contribution in [0.4, 0.5) is 27.6 Å². The number of halogens is 5. The lowest BCUT2D eigenvalue weighted by Gasteiger charge is -2.21. The van der Waals surface area contributed by atoms with E-state index >= 15 is 0 Å². The molecule has 146 valence electrons. The van der Waals surface area contributed by atoms with Crippen molar-refractivity contribution in [3.63, 3.8) is 0 Å². The average molecular weight is 386 g/mol. The second kappa shape index (κ2) is 8.47. The quantitative estimate of drug-likeness (QED) is 0.682. The number of carbonyl (C=O) groups is 1. The van der Waals surface area contributed by atoms with E-state index in [0.29, 0.717) is 0 Å². The Morgan fingerprint density at radius 3 is 2.37 bits per heavy atom. The van der Waals surface area contributed by atoms with Crippen LogP contribution in [0.15, 0.2) is 42.5 Å². The second-order valence-corrected chi connectivity index (χ2v) is 6.25. The minimum absolute atomic E-state index is 0.126. The highest BCUT2D eigenvalue weighted by molar-refractivity contribution is 5.92. The highest BCUT2D eigenvalue weighted by atomic mass is 19.4. The average Bonchev–Trinajstić information content (AvgIpc) is 2.53. The maximum atomic E-state index is 13.8. The van der Waals surface area contributed by atoms with Crippen molar-refractivity contribution < 1.29 is 26.7 Å². The molecule has 2 aromatic carbocycles. The summed E-state index contributed by atoms with van der Waals surface area (Å²) in [5.74, 6) is -2.02. The molecule has 0 aliphatic rings. The Labute approximate surface area is 153 Å². The van der Waals surface area contributed by atoms with E-state index in [-0.39, 0.29) is 17.7 Å². The van der Waals surface area contributed by atoms with Crippen LogP contribution in [-0.4, -0.2) is 11.9 Å². The monoisotopic (exact) mass is 386 g/mol. The van der Waals surface area contributed by atoms with E-state index in [1.165, 1.54) is 24.3 Å². The van der Waals surface area contributed by atoms with Gasteiger partial charge in [0.15, 0.2) is 0 Å². The molecule has 0 radical (unpaired) electrons. The van der Waals surface area contributed by atoms with Crippen molar-refractivity contribution in [3.8, 4) is 0 Å². The summed E-state index contributed by atoms with van der Waals surface area (Å²) in [6, 6.07) is 6.91. The number of benzene rings is 2. The van der Waals surface area contributed by atoms with Gasteiger partial charge in [-0.25, -0.2) is 8.78 Å². The highest BCUT2D eigenvalue weighted by Gasteiger charge is 2.33. The molecule has 0 aromatic heterocycles. The molecule has 0 heterocycles. The van der Waals surface area contributed by atoms with Gasteiger partial charge in [-0.1, -0.05) is 18.2 Å². The van der Waals surface area contributed by atoms with Crippen molar-refractivity contribution in [2.45, 2.75) is 38.5 Å². The fourth-order valence-electron chi connectivity index (χ4n) is 2.75. The van der Waals surface area contributed by atoms with Crippen molar-refractivity contribution >= 4 is 11.6 Å². The van der Waals surface area contributed by atoms with Crippen LogP contribution in [0.1, 0.15) is 37.4 Å².